The van der Waals surface area contributed by atoms with Crippen LogP contribution in [-0.4, -0.2) is 72.7 Å². The van der Waals surface area contributed by atoms with Gasteiger partial charge in [0.25, 0.3) is 0 Å². The van der Waals surface area contributed by atoms with Gasteiger partial charge in [0.05, 0.1) is 26.4 Å². The molecule has 36 heavy (non-hydrogen) atoms. The third-order valence-corrected chi connectivity index (χ3v) is 6.73. The van der Waals surface area contributed by atoms with Gasteiger partial charge in [0.1, 0.15) is 6.61 Å². The number of hydrogen-bond acceptors (Lipinski definition) is 7. The molecule has 3 rings (SSSR count). The van der Waals surface area contributed by atoms with Crippen molar-refractivity contribution in [2.24, 2.45) is 0 Å². The van der Waals surface area contributed by atoms with Crippen LogP contribution in [0.25, 0.3) is 11.6 Å². The van der Waals surface area contributed by atoms with Gasteiger partial charge in [0.15, 0.2) is 18.9 Å². The smallest absolute Gasteiger partial charge is 0.304 e. The van der Waals surface area contributed by atoms with Gasteiger partial charge >= 0.3 is 5.97 Å². The van der Waals surface area contributed by atoms with Crippen molar-refractivity contribution in [1.29, 1.82) is 0 Å². The summed E-state index contributed by atoms with van der Waals surface area (Å²) in [5.41, 5.74) is 6.07. The monoisotopic (exact) mass is 516 g/mol. The van der Waals surface area contributed by atoms with E-state index in [9.17, 15) is 15.0 Å². The lowest BCUT2D eigenvalue weighted by Gasteiger charge is -2.23. The van der Waals surface area contributed by atoms with Crippen molar-refractivity contribution in [3.05, 3.63) is 59.4 Å². The Kier molecular flexibility index (Phi) is 11.7. The number of hydrogen-bond donors (Lipinski definition) is 5. The summed E-state index contributed by atoms with van der Waals surface area (Å²) in [6, 6.07) is 10.2. The largest absolute Gasteiger partial charge is 0.481 e. The number of rotatable bonds is 15. The Bertz CT molecular complexity index is 993. The fourth-order valence-electron chi connectivity index (χ4n) is 4.42. The predicted molar refractivity (Wildman–Crippen MR) is 144 cm³/mol. The number of aromatic nitrogens is 1. The minimum Gasteiger partial charge on any atom is -0.481 e. The van der Waals surface area contributed by atoms with Gasteiger partial charge in [0.2, 0.25) is 0 Å². The van der Waals surface area contributed by atoms with E-state index in [2.05, 4.69) is 59.2 Å². The van der Waals surface area contributed by atoms with Crippen molar-refractivity contribution in [3.63, 3.8) is 0 Å². The number of ether oxygens (including phenoxy) is 1. The minimum atomic E-state index is -0.848. The average Bonchev–Trinajstić information content (AvgIpc) is 2.88. The van der Waals surface area contributed by atoms with Gasteiger partial charge in [-0.2, -0.15) is 12.6 Å². The van der Waals surface area contributed by atoms with Crippen molar-refractivity contribution in [2.75, 3.05) is 50.3 Å². The number of carboxylic acids is 1. The van der Waals surface area contributed by atoms with E-state index in [1.54, 1.807) is 0 Å². The van der Waals surface area contributed by atoms with Gasteiger partial charge in [-0.15, -0.1) is 0 Å². The number of aliphatic hydroxyl groups excluding tert-OH is 2. The van der Waals surface area contributed by atoms with Crippen LogP contribution in [0.2, 0.25) is 0 Å². The maximum Gasteiger partial charge on any atom is 0.304 e. The summed E-state index contributed by atoms with van der Waals surface area (Å²) in [6.07, 6.45) is 9.75. The lowest BCUT2D eigenvalue weighted by Crippen LogP contribution is -2.39. The van der Waals surface area contributed by atoms with Gasteiger partial charge < -0.3 is 25.0 Å². The lowest BCUT2D eigenvalue weighted by atomic mass is 9.87. The lowest BCUT2D eigenvalue weighted by molar-refractivity contribution is -0.698. The number of aliphatic carboxylic acids is 1. The van der Waals surface area contributed by atoms with Crippen molar-refractivity contribution >= 4 is 35.9 Å². The first-order valence-electron chi connectivity index (χ1n) is 12.5. The summed E-state index contributed by atoms with van der Waals surface area (Å²) >= 11 is 4.18. The van der Waals surface area contributed by atoms with Crippen LogP contribution in [0, 0.1) is 0 Å². The van der Waals surface area contributed by atoms with E-state index in [-0.39, 0.29) is 25.7 Å². The molecule has 1 atom stereocenters. The zero-order valence-corrected chi connectivity index (χ0v) is 21.6. The van der Waals surface area contributed by atoms with Gasteiger partial charge in [-0.3, -0.25) is 10.1 Å². The second-order valence-electron chi connectivity index (χ2n) is 8.90. The Morgan fingerprint density at radius 1 is 1.17 bits per heavy atom. The van der Waals surface area contributed by atoms with E-state index >= 15 is 0 Å². The number of benzene rings is 1. The molecule has 0 saturated heterocycles. The van der Waals surface area contributed by atoms with E-state index in [0.29, 0.717) is 32.2 Å². The highest BCUT2D eigenvalue weighted by atomic mass is 32.1. The third-order valence-electron chi connectivity index (χ3n) is 6.29. The molecule has 4 N–H and O–H groups in total. The summed E-state index contributed by atoms with van der Waals surface area (Å²) in [5.74, 6) is -0.402. The predicted octanol–water partition coefficient (Wildman–Crippen LogP) is 1.98. The molecule has 0 bridgehead atoms. The molecule has 1 aliphatic rings. The van der Waals surface area contributed by atoms with Crippen LogP contribution in [0.1, 0.15) is 36.0 Å². The number of aryl methyl sites for hydroxylation is 1. The van der Waals surface area contributed by atoms with Crippen LogP contribution in [0.15, 0.2) is 42.7 Å². The Labute approximate surface area is 218 Å². The first-order chi connectivity index (χ1) is 17.5. The molecule has 1 heterocycles. The van der Waals surface area contributed by atoms with Gasteiger partial charge in [-0.1, -0.05) is 18.2 Å². The molecule has 0 amide bonds. The molecule has 8 nitrogen and oxygen atoms in total. The fourth-order valence-corrected chi connectivity index (χ4v) is 4.68. The van der Waals surface area contributed by atoms with E-state index in [0.717, 1.165) is 37.1 Å². The average molecular weight is 517 g/mol. The van der Waals surface area contributed by atoms with Crippen LogP contribution < -0.4 is 14.8 Å². The Morgan fingerprint density at radius 3 is 2.58 bits per heavy atom. The first kappa shape index (κ1) is 28.1. The second kappa shape index (κ2) is 15.0. The molecule has 2 aromatic rings. The number of thiol groups is 1. The molecule has 0 radical (unpaired) electrons. The standard InChI is InChI=1S/C27H37N3O5S/c31-13-10-30(11-14-32)25-6-4-21(5-7-25)16-22-2-1-3-23-18-29(9-8-26(22)23)12-15-35-20-28-24(19-36)17-27(33)34/h4-9,16,18,24,28,31-32H,1-3,10-15,17,19-20H2,(H-,33,34,36)/p+1. The Balaban J connectivity index is 1.58. The molecule has 0 fully saturated rings. The summed E-state index contributed by atoms with van der Waals surface area (Å²) in [4.78, 5) is 12.8. The fraction of sp³-hybridized carbons (Fsp3) is 0.481. The molecule has 1 aromatic heterocycles. The highest BCUT2D eigenvalue weighted by Crippen LogP contribution is 2.31. The topological polar surface area (TPSA) is 106 Å². The van der Waals surface area contributed by atoms with Crippen LogP contribution >= 0.6 is 12.6 Å². The molecule has 0 aliphatic heterocycles. The number of pyridine rings is 1. The second-order valence-corrected chi connectivity index (χ2v) is 9.27. The number of nitrogens with zero attached hydrogens (tertiary/aromatic N) is 2. The quantitative estimate of drug-likeness (QED) is 0.107. The Hall–Kier alpha value is -2.43. The number of carboxylic acid groups (broad SMARTS) is 1. The molecular weight excluding hydrogens is 478 g/mol. The van der Waals surface area contributed by atoms with Crippen molar-refractivity contribution in [2.45, 2.75) is 38.3 Å². The van der Waals surface area contributed by atoms with Crippen LogP contribution in [-0.2, 0) is 22.5 Å². The number of carbonyl (C=O) groups is 1. The summed E-state index contributed by atoms with van der Waals surface area (Å²) < 4.78 is 7.79. The molecule has 0 saturated carbocycles. The highest BCUT2D eigenvalue weighted by molar-refractivity contribution is 7.80. The van der Waals surface area contributed by atoms with Crippen molar-refractivity contribution < 1.29 is 29.4 Å². The maximum absolute atomic E-state index is 10.8. The van der Waals surface area contributed by atoms with Crippen molar-refractivity contribution in [1.82, 2.24) is 5.32 Å². The number of nitrogens with one attached hydrogen (secondary N) is 1. The normalized spacial score (nSPS) is 15.0. The molecule has 1 unspecified atom stereocenters. The number of anilines is 1. The zero-order chi connectivity index (χ0) is 25.8. The van der Waals surface area contributed by atoms with E-state index in [4.69, 9.17) is 9.84 Å². The zero-order valence-electron chi connectivity index (χ0n) is 20.7. The van der Waals surface area contributed by atoms with Crippen LogP contribution in [0.5, 0.6) is 0 Å². The summed E-state index contributed by atoms with van der Waals surface area (Å²) in [6.45, 7) is 2.64. The maximum atomic E-state index is 10.8. The summed E-state index contributed by atoms with van der Waals surface area (Å²) in [5, 5.41) is 30.5. The number of fused-ring (bicyclic) bond motifs is 1. The van der Waals surface area contributed by atoms with E-state index in [1.807, 2.05) is 17.0 Å². The molecule has 9 heteroatoms. The van der Waals surface area contributed by atoms with Crippen LogP contribution in [0.3, 0.4) is 0 Å². The van der Waals surface area contributed by atoms with E-state index in [1.165, 1.54) is 16.7 Å². The van der Waals surface area contributed by atoms with Gasteiger partial charge in [0, 0.05) is 42.2 Å². The van der Waals surface area contributed by atoms with Crippen LogP contribution in [0.4, 0.5) is 5.69 Å². The molecule has 0 spiro atoms. The summed E-state index contributed by atoms with van der Waals surface area (Å²) in [7, 11) is 0. The van der Waals surface area contributed by atoms with Gasteiger partial charge in [-0.05, 0) is 48.1 Å². The van der Waals surface area contributed by atoms with Gasteiger partial charge in [-0.25, -0.2) is 4.57 Å². The number of allylic oxidation sites excluding steroid dienone is 1. The SMILES string of the molecule is O=C(O)CC(CS)NCOCC[n+]1ccc2c(c1)CCC/C2=C\c1ccc(N(CCO)CCO)cc1. The minimum absolute atomic E-state index is 0.0261. The van der Waals surface area contributed by atoms with Crippen molar-refractivity contribution in [3.8, 4) is 0 Å². The third kappa shape index (κ3) is 8.60. The molecule has 1 aliphatic carbocycles. The first-order valence-corrected chi connectivity index (χ1v) is 13.1. The van der Waals surface area contributed by atoms with E-state index < -0.39 is 5.97 Å². The number of aliphatic hydroxyl groups is 2. The Morgan fingerprint density at radius 2 is 1.92 bits per heavy atom. The molecule has 196 valence electrons. The molecular formula is C27H38N3O5S+. The molecule has 1 aromatic carbocycles. The highest BCUT2D eigenvalue weighted by Gasteiger charge is 2.18.